The first-order valence-corrected chi connectivity index (χ1v) is 6.17. The molecule has 3 aromatic rings. The number of rotatable bonds is 2. The predicted molar refractivity (Wildman–Crippen MR) is 69.5 cm³/mol. The smallest absolute Gasteiger partial charge is 0.181 e. The monoisotopic (exact) mass is 278 g/mol. The number of aromatic nitrogens is 5. The molecule has 0 amide bonds. The number of nitrogen functional groups attached to an aromatic ring is 1. The molecule has 0 bridgehead atoms. The molecule has 0 saturated heterocycles. The van der Waals surface area contributed by atoms with Gasteiger partial charge in [0.15, 0.2) is 5.65 Å². The Morgan fingerprint density at radius 2 is 2.11 bits per heavy atom. The van der Waals surface area contributed by atoms with Crippen molar-refractivity contribution >= 4 is 40.2 Å². The van der Waals surface area contributed by atoms with E-state index in [1.165, 1.54) is 18.1 Å². The maximum Gasteiger partial charge on any atom is 0.181 e. The van der Waals surface area contributed by atoms with Gasteiger partial charge in [-0.15, -0.1) is 0 Å². The molecular weight excluding hydrogens is 272 g/mol. The van der Waals surface area contributed by atoms with E-state index in [2.05, 4.69) is 24.9 Å². The number of nitrogens with two attached hydrogens (primary N) is 1. The molecule has 0 aliphatic rings. The van der Waals surface area contributed by atoms with E-state index in [0.29, 0.717) is 21.5 Å². The lowest BCUT2D eigenvalue weighted by Crippen LogP contribution is -1.90. The molecule has 90 valence electrons. The second kappa shape index (κ2) is 4.43. The number of nitrogens with one attached hydrogen (secondary N) is 1. The van der Waals surface area contributed by atoms with E-state index in [1.54, 1.807) is 18.5 Å². The molecule has 6 nitrogen and oxygen atoms in total. The minimum absolute atomic E-state index is 0.354. The number of halogens is 1. The van der Waals surface area contributed by atoms with Gasteiger partial charge < -0.3 is 10.7 Å². The lowest BCUT2D eigenvalue weighted by Gasteiger charge is -2.02. The SMILES string of the molecule is Nc1cc(Cl)nc(Sc2ncnc3nc[nH]c23)c1. The third-order valence-corrected chi connectivity index (χ3v) is 3.30. The first-order chi connectivity index (χ1) is 8.72. The van der Waals surface area contributed by atoms with Gasteiger partial charge in [-0.2, -0.15) is 0 Å². The summed E-state index contributed by atoms with van der Waals surface area (Å²) in [5, 5.41) is 1.76. The highest BCUT2D eigenvalue weighted by atomic mass is 35.5. The summed E-state index contributed by atoms with van der Waals surface area (Å²) in [4.78, 5) is 19.5. The van der Waals surface area contributed by atoms with Crippen LogP contribution < -0.4 is 5.73 Å². The fourth-order valence-electron chi connectivity index (χ4n) is 1.46. The quantitative estimate of drug-likeness (QED) is 0.551. The summed E-state index contributed by atoms with van der Waals surface area (Å²) in [7, 11) is 0. The van der Waals surface area contributed by atoms with Gasteiger partial charge in [0.2, 0.25) is 0 Å². The standard InChI is InChI=1S/C10H7ClN6S/c11-6-1-5(12)2-7(17-6)18-10-8-9(14-3-13-8)15-4-16-10/h1-4H,(H2,12,17)(H,13,14,15,16). The second-order valence-electron chi connectivity index (χ2n) is 3.44. The maximum atomic E-state index is 5.86. The molecule has 0 aliphatic carbocycles. The van der Waals surface area contributed by atoms with Crippen LogP contribution in [-0.4, -0.2) is 24.9 Å². The summed E-state index contributed by atoms with van der Waals surface area (Å²) in [6.45, 7) is 0. The predicted octanol–water partition coefficient (Wildman–Crippen LogP) is 2.13. The molecule has 3 aromatic heterocycles. The van der Waals surface area contributed by atoms with Crippen molar-refractivity contribution in [3.8, 4) is 0 Å². The molecule has 0 spiro atoms. The van der Waals surface area contributed by atoms with Crippen molar-refractivity contribution in [3.63, 3.8) is 0 Å². The van der Waals surface area contributed by atoms with Gasteiger partial charge in [0, 0.05) is 5.69 Å². The summed E-state index contributed by atoms with van der Waals surface area (Å²) >= 11 is 7.21. The molecule has 0 saturated carbocycles. The van der Waals surface area contributed by atoms with Gasteiger partial charge >= 0.3 is 0 Å². The van der Waals surface area contributed by atoms with E-state index in [9.17, 15) is 0 Å². The van der Waals surface area contributed by atoms with Crippen LogP contribution in [0.15, 0.2) is 34.8 Å². The Morgan fingerprint density at radius 1 is 1.22 bits per heavy atom. The minimum Gasteiger partial charge on any atom is -0.399 e. The summed E-state index contributed by atoms with van der Waals surface area (Å²) in [5.74, 6) is 0. The molecule has 0 unspecified atom stereocenters. The number of aromatic amines is 1. The number of fused-ring (bicyclic) bond motifs is 1. The highest BCUT2D eigenvalue weighted by Crippen LogP contribution is 2.30. The third kappa shape index (κ3) is 2.09. The Kier molecular flexibility index (Phi) is 2.77. The Labute approximate surface area is 111 Å². The largest absolute Gasteiger partial charge is 0.399 e. The molecular formula is C10H7ClN6S. The number of imidazole rings is 1. The maximum absolute atomic E-state index is 5.86. The summed E-state index contributed by atoms with van der Waals surface area (Å²) in [6.07, 6.45) is 3.03. The van der Waals surface area contributed by atoms with Gasteiger partial charge in [0.1, 0.15) is 27.0 Å². The van der Waals surface area contributed by atoms with E-state index in [4.69, 9.17) is 17.3 Å². The van der Waals surface area contributed by atoms with Crippen LogP contribution in [0.1, 0.15) is 0 Å². The first kappa shape index (κ1) is 11.2. The van der Waals surface area contributed by atoms with E-state index < -0.39 is 0 Å². The van der Waals surface area contributed by atoms with Crippen LogP contribution in [0.3, 0.4) is 0 Å². The molecule has 8 heteroatoms. The zero-order chi connectivity index (χ0) is 12.5. The van der Waals surface area contributed by atoms with Crippen molar-refractivity contribution < 1.29 is 0 Å². The Hall–Kier alpha value is -1.86. The van der Waals surface area contributed by atoms with Gasteiger partial charge in [-0.3, -0.25) is 0 Å². The van der Waals surface area contributed by atoms with E-state index >= 15 is 0 Å². The van der Waals surface area contributed by atoms with Crippen LogP contribution in [0.2, 0.25) is 5.15 Å². The van der Waals surface area contributed by atoms with Crippen molar-refractivity contribution in [2.75, 3.05) is 5.73 Å². The van der Waals surface area contributed by atoms with Crippen LogP contribution in [0, 0.1) is 0 Å². The van der Waals surface area contributed by atoms with Gasteiger partial charge in [-0.05, 0) is 23.9 Å². The van der Waals surface area contributed by atoms with E-state index in [1.807, 2.05) is 0 Å². The zero-order valence-electron chi connectivity index (χ0n) is 8.96. The molecule has 0 aromatic carbocycles. The average molecular weight is 279 g/mol. The van der Waals surface area contributed by atoms with Crippen molar-refractivity contribution in [3.05, 3.63) is 29.9 Å². The minimum atomic E-state index is 0.354. The van der Waals surface area contributed by atoms with E-state index in [0.717, 1.165) is 10.5 Å². The average Bonchev–Trinajstić information content (AvgIpc) is 2.76. The highest BCUT2D eigenvalue weighted by Gasteiger charge is 2.09. The Bertz CT molecular complexity index is 692. The molecule has 0 radical (unpaired) electrons. The van der Waals surface area contributed by atoms with Gasteiger partial charge in [-0.25, -0.2) is 19.9 Å². The lowest BCUT2D eigenvalue weighted by molar-refractivity contribution is 1.07. The normalized spacial score (nSPS) is 10.9. The Morgan fingerprint density at radius 3 is 2.94 bits per heavy atom. The summed E-state index contributed by atoms with van der Waals surface area (Å²) in [6, 6.07) is 3.33. The molecule has 0 atom stereocenters. The number of hydrogen-bond donors (Lipinski definition) is 2. The number of H-pyrrole nitrogens is 1. The number of pyridine rings is 1. The van der Waals surface area contributed by atoms with Gasteiger partial charge in [0.25, 0.3) is 0 Å². The third-order valence-electron chi connectivity index (χ3n) is 2.18. The number of hydrogen-bond acceptors (Lipinski definition) is 6. The van der Waals surface area contributed by atoms with Crippen molar-refractivity contribution in [2.24, 2.45) is 0 Å². The highest BCUT2D eigenvalue weighted by molar-refractivity contribution is 7.99. The van der Waals surface area contributed by atoms with Crippen LogP contribution >= 0.6 is 23.4 Å². The van der Waals surface area contributed by atoms with E-state index in [-0.39, 0.29) is 0 Å². The first-order valence-electron chi connectivity index (χ1n) is 4.97. The number of anilines is 1. The topological polar surface area (TPSA) is 93.4 Å². The zero-order valence-corrected chi connectivity index (χ0v) is 10.5. The molecule has 3 N–H and O–H groups in total. The summed E-state index contributed by atoms with van der Waals surface area (Å²) in [5.41, 5.74) is 7.66. The van der Waals surface area contributed by atoms with Crippen LogP contribution in [0.25, 0.3) is 11.2 Å². The van der Waals surface area contributed by atoms with Crippen LogP contribution in [-0.2, 0) is 0 Å². The molecule has 0 aliphatic heterocycles. The fourth-order valence-corrected chi connectivity index (χ4v) is 2.62. The molecule has 0 fully saturated rings. The molecule has 18 heavy (non-hydrogen) atoms. The second-order valence-corrected chi connectivity index (χ2v) is 4.84. The fraction of sp³-hybridized carbons (Fsp3) is 0. The van der Waals surface area contributed by atoms with Gasteiger partial charge in [0.05, 0.1) is 6.33 Å². The van der Waals surface area contributed by atoms with Crippen LogP contribution in [0.4, 0.5) is 5.69 Å². The van der Waals surface area contributed by atoms with Crippen molar-refractivity contribution in [1.29, 1.82) is 0 Å². The summed E-state index contributed by atoms with van der Waals surface area (Å²) < 4.78 is 0. The molecule has 3 heterocycles. The van der Waals surface area contributed by atoms with Crippen LogP contribution in [0.5, 0.6) is 0 Å². The lowest BCUT2D eigenvalue weighted by atomic mass is 10.4. The van der Waals surface area contributed by atoms with Crippen molar-refractivity contribution in [2.45, 2.75) is 10.1 Å². The Balaban J connectivity index is 2.03. The van der Waals surface area contributed by atoms with Gasteiger partial charge in [-0.1, -0.05) is 11.6 Å². The molecule has 3 rings (SSSR count). The number of nitrogens with zero attached hydrogens (tertiary/aromatic N) is 4. The van der Waals surface area contributed by atoms with Crippen molar-refractivity contribution in [1.82, 2.24) is 24.9 Å².